The number of fused-ring (bicyclic) bond motifs is 4. The highest BCUT2D eigenvalue weighted by molar-refractivity contribution is 7.18. The predicted molar refractivity (Wildman–Crippen MR) is 110 cm³/mol. The Bertz CT molecular complexity index is 1330. The van der Waals surface area contributed by atoms with E-state index in [-0.39, 0.29) is 16.7 Å². The highest BCUT2D eigenvalue weighted by Crippen LogP contribution is 2.40. The van der Waals surface area contributed by atoms with Crippen LogP contribution in [0, 0.1) is 5.41 Å². The van der Waals surface area contributed by atoms with Gasteiger partial charge in [0.05, 0.1) is 11.1 Å². The summed E-state index contributed by atoms with van der Waals surface area (Å²) in [7, 11) is 1.98. The van der Waals surface area contributed by atoms with Crippen LogP contribution in [0.1, 0.15) is 30.7 Å². The molecule has 0 amide bonds. The molecule has 1 aliphatic rings. The van der Waals surface area contributed by atoms with E-state index in [4.69, 9.17) is 0 Å². The molecule has 1 N–H and O–H groups in total. The van der Waals surface area contributed by atoms with Crippen molar-refractivity contribution in [1.82, 2.24) is 14.1 Å². The second-order valence-corrected chi connectivity index (χ2v) is 9.39. The van der Waals surface area contributed by atoms with E-state index in [1.54, 1.807) is 11.3 Å². The van der Waals surface area contributed by atoms with Gasteiger partial charge in [-0.15, -0.1) is 11.3 Å². The molecule has 0 unspecified atom stereocenters. The van der Waals surface area contributed by atoms with Gasteiger partial charge in [0.2, 0.25) is 0 Å². The van der Waals surface area contributed by atoms with E-state index >= 15 is 0 Å². The van der Waals surface area contributed by atoms with Crippen LogP contribution in [-0.2, 0) is 19.9 Å². The molecule has 27 heavy (non-hydrogen) atoms. The van der Waals surface area contributed by atoms with E-state index in [1.165, 1.54) is 9.44 Å². The van der Waals surface area contributed by atoms with Gasteiger partial charge in [-0.25, -0.2) is 9.36 Å². The number of aromatic nitrogens is 3. The number of hydrogen-bond donors (Lipinski definition) is 1. The predicted octanol–water partition coefficient (Wildman–Crippen LogP) is 3.75. The maximum absolute atomic E-state index is 13.4. The van der Waals surface area contributed by atoms with E-state index in [0.29, 0.717) is 15.9 Å². The Hall–Kier alpha value is -2.60. The summed E-state index contributed by atoms with van der Waals surface area (Å²) in [5.41, 5.74) is 2.40. The average molecular weight is 379 g/mol. The van der Waals surface area contributed by atoms with Crippen molar-refractivity contribution in [2.24, 2.45) is 12.5 Å². The van der Waals surface area contributed by atoms with Gasteiger partial charge < -0.3 is 4.57 Å². The quantitative estimate of drug-likeness (QED) is 0.548. The number of hydrogen-bond acceptors (Lipinski definition) is 3. The van der Waals surface area contributed by atoms with Crippen molar-refractivity contribution in [2.75, 3.05) is 0 Å². The number of nitrogens with one attached hydrogen (secondary N) is 1. The van der Waals surface area contributed by atoms with Crippen molar-refractivity contribution in [3.05, 3.63) is 61.7 Å². The molecular formula is C21H21N3O2S. The van der Waals surface area contributed by atoms with Gasteiger partial charge >= 0.3 is 5.69 Å². The largest absolute Gasteiger partial charge is 0.351 e. The molecular weight excluding hydrogens is 358 g/mol. The van der Waals surface area contributed by atoms with Crippen LogP contribution in [0.3, 0.4) is 0 Å². The van der Waals surface area contributed by atoms with Gasteiger partial charge in [-0.2, -0.15) is 0 Å². The van der Waals surface area contributed by atoms with Crippen LogP contribution < -0.4 is 11.2 Å². The lowest BCUT2D eigenvalue weighted by Crippen LogP contribution is -2.34. The lowest BCUT2D eigenvalue weighted by Gasteiger charge is -2.29. The van der Waals surface area contributed by atoms with Gasteiger partial charge in [0.1, 0.15) is 4.83 Å². The first-order valence-electron chi connectivity index (χ1n) is 9.19. The standard InChI is InChI=1S/C21H21N3O2S/c1-21(2)8-6-16-14(11-21)17-18(27-16)22-20(26)24(19(17)25)13-4-5-15-12(10-13)7-9-23(15)3/h4-5,7,9-10H,6,8,11H2,1-3H3,(H,22,26). The Morgan fingerprint density at radius 2 is 2.00 bits per heavy atom. The first kappa shape index (κ1) is 16.6. The highest BCUT2D eigenvalue weighted by Gasteiger charge is 2.30. The van der Waals surface area contributed by atoms with E-state index in [1.807, 2.05) is 42.1 Å². The van der Waals surface area contributed by atoms with Crippen molar-refractivity contribution >= 4 is 32.5 Å². The fourth-order valence-corrected chi connectivity index (χ4v) is 5.43. The molecule has 0 saturated carbocycles. The normalized spacial score (nSPS) is 16.1. The minimum atomic E-state index is -0.374. The molecule has 138 valence electrons. The van der Waals surface area contributed by atoms with Crippen molar-refractivity contribution in [3.63, 3.8) is 0 Å². The smallest absolute Gasteiger partial charge is 0.334 e. The van der Waals surface area contributed by atoms with Crippen LogP contribution in [0.2, 0.25) is 0 Å². The summed E-state index contributed by atoms with van der Waals surface area (Å²) in [5.74, 6) is 0. The van der Waals surface area contributed by atoms with Crippen molar-refractivity contribution in [1.29, 1.82) is 0 Å². The first-order valence-corrected chi connectivity index (χ1v) is 10.0. The lowest BCUT2D eigenvalue weighted by molar-refractivity contribution is 0.319. The van der Waals surface area contributed by atoms with Crippen LogP contribution in [0.5, 0.6) is 0 Å². The number of aromatic amines is 1. The Balaban J connectivity index is 1.79. The number of nitrogens with zero attached hydrogens (tertiary/aromatic N) is 2. The van der Waals surface area contributed by atoms with Crippen LogP contribution in [0.15, 0.2) is 40.1 Å². The maximum atomic E-state index is 13.4. The summed E-state index contributed by atoms with van der Waals surface area (Å²) < 4.78 is 3.30. The van der Waals surface area contributed by atoms with E-state index in [0.717, 1.165) is 35.7 Å². The van der Waals surface area contributed by atoms with Crippen molar-refractivity contribution in [3.8, 4) is 5.69 Å². The van der Waals surface area contributed by atoms with E-state index in [2.05, 4.69) is 18.8 Å². The average Bonchev–Trinajstić information content (AvgIpc) is 3.14. The monoisotopic (exact) mass is 379 g/mol. The second-order valence-electron chi connectivity index (χ2n) is 8.29. The molecule has 0 aliphatic heterocycles. The Morgan fingerprint density at radius 3 is 2.81 bits per heavy atom. The minimum Gasteiger partial charge on any atom is -0.351 e. The molecule has 6 heteroatoms. The molecule has 0 spiro atoms. The number of aryl methyl sites for hydroxylation is 2. The fourth-order valence-electron chi connectivity index (χ4n) is 4.23. The minimum absolute atomic E-state index is 0.178. The summed E-state index contributed by atoms with van der Waals surface area (Å²) in [5, 5.41) is 1.70. The Kier molecular flexibility index (Phi) is 3.35. The van der Waals surface area contributed by atoms with Crippen LogP contribution >= 0.6 is 11.3 Å². The van der Waals surface area contributed by atoms with Gasteiger partial charge in [0, 0.05) is 29.0 Å². The zero-order chi connectivity index (χ0) is 18.9. The Morgan fingerprint density at radius 1 is 1.19 bits per heavy atom. The SMILES string of the molecule is Cn1ccc2cc(-n3c(=O)[nH]c4sc5c(c4c3=O)CC(C)(C)CC5)ccc21. The summed E-state index contributed by atoms with van der Waals surface area (Å²) in [4.78, 5) is 31.0. The third kappa shape index (κ3) is 2.43. The van der Waals surface area contributed by atoms with Crippen molar-refractivity contribution < 1.29 is 0 Å². The Labute approximate surface area is 159 Å². The third-order valence-electron chi connectivity index (χ3n) is 5.74. The number of benzene rings is 1. The summed E-state index contributed by atoms with van der Waals surface area (Å²) in [6, 6.07) is 7.69. The van der Waals surface area contributed by atoms with Gasteiger partial charge in [0.25, 0.3) is 5.56 Å². The third-order valence-corrected chi connectivity index (χ3v) is 6.95. The molecule has 0 fully saturated rings. The maximum Gasteiger partial charge on any atom is 0.334 e. The van der Waals surface area contributed by atoms with Gasteiger partial charge in [-0.3, -0.25) is 9.78 Å². The van der Waals surface area contributed by atoms with Crippen molar-refractivity contribution in [2.45, 2.75) is 33.1 Å². The van der Waals surface area contributed by atoms with Crippen LogP contribution in [0.4, 0.5) is 0 Å². The zero-order valence-electron chi connectivity index (χ0n) is 15.6. The molecule has 3 aromatic heterocycles. The number of H-pyrrole nitrogens is 1. The lowest BCUT2D eigenvalue weighted by atomic mass is 9.76. The van der Waals surface area contributed by atoms with Crippen LogP contribution in [-0.4, -0.2) is 14.1 Å². The zero-order valence-corrected chi connectivity index (χ0v) is 16.4. The summed E-state index contributed by atoms with van der Waals surface area (Å²) in [6.07, 6.45) is 4.93. The van der Waals surface area contributed by atoms with Crippen LogP contribution in [0.25, 0.3) is 26.8 Å². The van der Waals surface area contributed by atoms with Gasteiger partial charge in [0.15, 0.2) is 0 Å². The summed E-state index contributed by atoms with van der Waals surface area (Å²) in [6.45, 7) is 4.49. The van der Waals surface area contributed by atoms with Gasteiger partial charge in [-0.05, 0) is 54.5 Å². The first-order chi connectivity index (χ1) is 12.8. The number of thiophene rings is 1. The molecule has 0 bridgehead atoms. The molecule has 5 rings (SSSR count). The summed E-state index contributed by atoms with van der Waals surface area (Å²) >= 11 is 1.57. The second kappa shape index (κ2) is 5.45. The molecule has 5 nitrogen and oxygen atoms in total. The topological polar surface area (TPSA) is 59.8 Å². The van der Waals surface area contributed by atoms with E-state index < -0.39 is 0 Å². The highest BCUT2D eigenvalue weighted by atomic mass is 32.1. The molecule has 4 aromatic rings. The molecule has 1 aliphatic carbocycles. The molecule has 3 heterocycles. The fraction of sp³-hybridized carbons (Fsp3) is 0.333. The van der Waals surface area contributed by atoms with E-state index in [9.17, 15) is 9.59 Å². The van der Waals surface area contributed by atoms with Gasteiger partial charge in [-0.1, -0.05) is 13.8 Å². The molecule has 0 atom stereocenters. The molecule has 1 aromatic carbocycles. The molecule has 0 radical (unpaired) electrons. The number of rotatable bonds is 1. The molecule has 0 saturated heterocycles.